The van der Waals surface area contributed by atoms with Crippen LogP contribution < -0.4 is 19.5 Å². The molecule has 1 amide bonds. The van der Waals surface area contributed by atoms with Gasteiger partial charge in [-0.3, -0.25) is 4.79 Å². The second kappa shape index (κ2) is 10.4. The van der Waals surface area contributed by atoms with Gasteiger partial charge < -0.3 is 19.5 Å². The molecule has 0 radical (unpaired) electrons. The molecule has 0 bridgehead atoms. The van der Waals surface area contributed by atoms with E-state index in [2.05, 4.69) is 15.3 Å². The summed E-state index contributed by atoms with van der Waals surface area (Å²) < 4.78 is 29.8. The number of ether oxygens (including phenoxy) is 3. The van der Waals surface area contributed by atoms with Crippen molar-refractivity contribution in [1.29, 1.82) is 0 Å². The van der Waals surface area contributed by atoms with Crippen molar-refractivity contribution in [1.82, 2.24) is 15.3 Å². The summed E-state index contributed by atoms with van der Waals surface area (Å²) in [7, 11) is 3.15. The SMILES string of the molecule is COc1ccc(CNC(=O)c2ccc(Oc3ccnc(-c4cccc(F)c4)n3)cc2)c(OC)c1. The lowest BCUT2D eigenvalue weighted by molar-refractivity contribution is 0.0950. The van der Waals surface area contributed by atoms with Crippen LogP contribution in [0.15, 0.2) is 79.0 Å². The van der Waals surface area contributed by atoms with Gasteiger partial charge in [-0.25, -0.2) is 9.37 Å². The molecule has 0 aliphatic carbocycles. The van der Waals surface area contributed by atoms with Crippen molar-refractivity contribution >= 4 is 5.91 Å². The van der Waals surface area contributed by atoms with E-state index in [0.29, 0.717) is 46.6 Å². The standard InChI is InChI=1S/C26H22FN3O4/c1-32-22-11-8-19(23(15-22)33-2)16-29-26(31)17-6-9-21(10-7-17)34-24-12-13-28-25(30-24)18-4-3-5-20(27)14-18/h3-15H,16H2,1-2H3,(H,29,31). The van der Waals surface area contributed by atoms with Gasteiger partial charge in [-0.15, -0.1) is 0 Å². The molecule has 0 fully saturated rings. The van der Waals surface area contributed by atoms with Crippen molar-refractivity contribution in [3.8, 4) is 34.5 Å². The largest absolute Gasteiger partial charge is 0.497 e. The molecule has 0 spiro atoms. The molecule has 0 aliphatic rings. The molecule has 0 aliphatic heterocycles. The van der Waals surface area contributed by atoms with Crippen molar-refractivity contribution in [3.63, 3.8) is 0 Å². The number of hydrogen-bond acceptors (Lipinski definition) is 6. The summed E-state index contributed by atoms with van der Waals surface area (Å²) in [6.07, 6.45) is 1.54. The molecule has 3 aromatic carbocycles. The molecule has 1 aromatic heterocycles. The predicted octanol–water partition coefficient (Wildman–Crippen LogP) is 5.02. The summed E-state index contributed by atoms with van der Waals surface area (Å²) >= 11 is 0. The van der Waals surface area contributed by atoms with Crippen molar-refractivity contribution < 1.29 is 23.4 Å². The molecule has 8 heteroatoms. The number of halogens is 1. The molecule has 4 aromatic rings. The molecule has 0 unspecified atom stereocenters. The predicted molar refractivity (Wildman–Crippen MR) is 125 cm³/mol. The van der Waals surface area contributed by atoms with E-state index >= 15 is 0 Å². The second-order valence-corrected chi connectivity index (χ2v) is 7.22. The number of aromatic nitrogens is 2. The Bertz CT molecular complexity index is 1300. The molecule has 1 N–H and O–H groups in total. The quantitative estimate of drug-likeness (QED) is 0.398. The summed E-state index contributed by atoms with van der Waals surface area (Å²) in [5.41, 5.74) is 1.85. The zero-order valence-corrected chi connectivity index (χ0v) is 18.6. The number of amides is 1. The summed E-state index contributed by atoms with van der Waals surface area (Å²) in [5, 5.41) is 2.87. The van der Waals surface area contributed by atoms with Gasteiger partial charge in [-0.1, -0.05) is 12.1 Å². The van der Waals surface area contributed by atoms with Crippen LogP contribution in [-0.2, 0) is 6.54 Å². The molecule has 7 nitrogen and oxygen atoms in total. The van der Waals surface area contributed by atoms with Gasteiger partial charge in [0.1, 0.15) is 23.1 Å². The molecule has 0 saturated heterocycles. The van der Waals surface area contributed by atoms with Gasteiger partial charge in [0, 0.05) is 41.6 Å². The van der Waals surface area contributed by atoms with Crippen LogP contribution in [0.1, 0.15) is 15.9 Å². The van der Waals surface area contributed by atoms with Gasteiger partial charge in [-0.05, 0) is 48.5 Å². The molecular formula is C26H22FN3O4. The normalized spacial score (nSPS) is 10.4. The smallest absolute Gasteiger partial charge is 0.251 e. The van der Waals surface area contributed by atoms with Crippen LogP contribution in [0.3, 0.4) is 0 Å². The van der Waals surface area contributed by atoms with Crippen LogP contribution in [0.2, 0.25) is 0 Å². The van der Waals surface area contributed by atoms with Crippen molar-refractivity contribution in [2.75, 3.05) is 14.2 Å². The fourth-order valence-corrected chi connectivity index (χ4v) is 3.24. The lowest BCUT2D eigenvalue weighted by Crippen LogP contribution is -2.23. The number of carbonyl (C=O) groups excluding carboxylic acids is 1. The third-order valence-electron chi connectivity index (χ3n) is 4.99. The van der Waals surface area contributed by atoms with Gasteiger partial charge in [0.2, 0.25) is 5.88 Å². The number of benzene rings is 3. The maximum absolute atomic E-state index is 13.5. The highest BCUT2D eigenvalue weighted by Crippen LogP contribution is 2.25. The minimum absolute atomic E-state index is 0.236. The minimum Gasteiger partial charge on any atom is -0.497 e. The number of hydrogen-bond donors (Lipinski definition) is 1. The van der Waals surface area contributed by atoms with Crippen LogP contribution in [0.25, 0.3) is 11.4 Å². The van der Waals surface area contributed by atoms with Gasteiger partial charge in [0.25, 0.3) is 5.91 Å². The number of carbonyl (C=O) groups is 1. The number of nitrogens with zero attached hydrogens (tertiary/aromatic N) is 2. The molecule has 1 heterocycles. The zero-order valence-electron chi connectivity index (χ0n) is 18.6. The van der Waals surface area contributed by atoms with Gasteiger partial charge >= 0.3 is 0 Å². The third-order valence-corrected chi connectivity index (χ3v) is 4.99. The second-order valence-electron chi connectivity index (χ2n) is 7.22. The average Bonchev–Trinajstić information content (AvgIpc) is 2.87. The molecular weight excluding hydrogens is 437 g/mol. The van der Waals surface area contributed by atoms with E-state index in [0.717, 1.165) is 5.56 Å². The number of methoxy groups -OCH3 is 2. The van der Waals surface area contributed by atoms with E-state index < -0.39 is 0 Å². The fraction of sp³-hybridized carbons (Fsp3) is 0.115. The first kappa shape index (κ1) is 22.7. The summed E-state index contributed by atoms with van der Waals surface area (Å²) in [6, 6.07) is 19.7. The lowest BCUT2D eigenvalue weighted by Gasteiger charge is -2.12. The third kappa shape index (κ3) is 5.47. The van der Waals surface area contributed by atoms with E-state index in [4.69, 9.17) is 14.2 Å². The first-order valence-corrected chi connectivity index (χ1v) is 10.4. The first-order chi connectivity index (χ1) is 16.6. The highest BCUT2D eigenvalue weighted by Gasteiger charge is 2.10. The fourth-order valence-electron chi connectivity index (χ4n) is 3.24. The Morgan fingerprint density at radius 2 is 1.74 bits per heavy atom. The molecule has 0 saturated carbocycles. The Balaban J connectivity index is 1.40. The highest BCUT2D eigenvalue weighted by atomic mass is 19.1. The van der Waals surface area contributed by atoms with Crippen molar-refractivity contribution in [3.05, 3.63) is 95.9 Å². The first-order valence-electron chi connectivity index (χ1n) is 10.4. The minimum atomic E-state index is -0.369. The monoisotopic (exact) mass is 459 g/mol. The zero-order chi connectivity index (χ0) is 23.9. The molecule has 172 valence electrons. The van der Waals surface area contributed by atoms with Crippen LogP contribution in [0.4, 0.5) is 4.39 Å². The van der Waals surface area contributed by atoms with Crippen molar-refractivity contribution in [2.45, 2.75) is 6.54 Å². The van der Waals surface area contributed by atoms with Gasteiger partial charge in [0.15, 0.2) is 5.82 Å². The van der Waals surface area contributed by atoms with Crippen LogP contribution in [0.5, 0.6) is 23.1 Å². The molecule has 4 rings (SSSR count). The van der Waals surface area contributed by atoms with E-state index in [9.17, 15) is 9.18 Å². The molecule has 34 heavy (non-hydrogen) atoms. The van der Waals surface area contributed by atoms with E-state index in [1.807, 2.05) is 12.1 Å². The van der Waals surface area contributed by atoms with Gasteiger partial charge in [0.05, 0.1) is 14.2 Å². The average molecular weight is 459 g/mol. The number of rotatable bonds is 8. The maximum Gasteiger partial charge on any atom is 0.251 e. The van der Waals surface area contributed by atoms with Crippen LogP contribution in [-0.4, -0.2) is 30.1 Å². The Morgan fingerprint density at radius 1 is 0.941 bits per heavy atom. The number of nitrogens with one attached hydrogen (secondary N) is 1. The van der Waals surface area contributed by atoms with Crippen molar-refractivity contribution in [2.24, 2.45) is 0 Å². The Labute approximate surface area is 196 Å². The summed E-state index contributed by atoms with van der Waals surface area (Å²) in [5.74, 6) is 1.85. The summed E-state index contributed by atoms with van der Waals surface area (Å²) in [6.45, 7) is 0.300. The van der Waals surface area contributed by atoms with E-state index in [-0.39, 0.29) is 11.7 Å². The van der Waals surface area contributed by atoms with Gasteiger partial charge in [-0.2, -0.15) is 4.98 Å². The highest BCUT2D eigenvalue weighted by molar-refractivity contribution is 5.94. The van der Waals surface area contributed by atoms with E-state index in [1.54, 1.807) is 62.8 Å². The summed E-state index contributed by atoms with van der Waals surface area (Å²) in [4.78, 5) is 21.1. The maximum atomic E-state index is 13.5. The van der Waals surface area contributed by atoms with Crippen LogP contribution in [0, 0.1) is 5.82 Å². The molecule has 0 atom stereocenters. The van der Waals surface area contributed by atoms with E-state index in [1.165, 1.54) is 18.3 Å². The Kier molecular flexibility index (Phi) is 6.98. The lowest BCUT2D eigenvalue weighted by atomic mass is 10.1. The Hall–Kier alpha value is -4.46. The topological polar surface area (TPSA) is 82.6 Å². The Morgan fingerprint density at radius 3 is 2.47 bits per heavy atom. The van der Waals surface area contributed by atoms with Crippen LogP contribution >= 0.6 is 0 Å².